The lowest BCUT2D eigenvalue weighted by atomic mass is 9.63. The first kappa shape index (κ1) is 18.8. The average molecular weight is 349 g/mol. The van der Waals surface area contributed by atoms with E-state index in [2.05, 4.69) is 97.0 Å². The molecule has 2 aromatic carbocycles. The highest BCUT2D eigenvalue weighted by Gasteiger charge is 2.43. The van der Waals surface area contributed by atoms with Crippen LogP contribution in [0.5, 0.6) is 5.75 Å². The van der Waals surface area contributed by atoms with Crippen LogP contribution in [0.1, 0.15) is 74.3 Å². The van der Waals surface area contributed by atoms with E-state index in [4.69, 9.17) is 4.74 Å². The summed E-state index contributed by atoms with van der Waals surface area (Å²) < 4.78 is 6.41. The van der Waals surface area contributed by atoms with E-state index < -0.39 is 0 Å². The summed E-state index contributed by atoms with van der Waals surface area (Å²) in [4.78, 5) is 0. The van der Waals surface area contributed by atoms with Gasteiger partial charge in [0.1, 0.15) is 11.9 Å². The molecular weight excluding hydrogens is 316 g/mol. The number of allylic oxidation sites excluding steroid dienone is 1. The van der Waals surface area contributed by atoms with Crippen LogP contribution in [0, 0.1) is 19.3 Å². The van der Waals surface area contributed by atoms with Crippen molar-refractivity contribution < 1.29 is 4.74 Å². The number of ether oxygens (including phenoxy) is 1. The van der Waals surface area contributed by atoms with Crippen molar-refractivity contribution in [3.05, 3.63) is 70.3 Å². The summed E-state index contributed by atoms with van der Waals surface area (Å²) in [7, 11) is 0. The number of rotatable bonds is 2. The fourth-order valence-electron chi connectivity index (χ4n) is 4.70. The maximum Gasteiger partial charge on any atom is 0.123 e. The van der Waals surface area contributed by atoms with Crippen molar-refractivity contribution in [1.82, 2.24) is 0 Å². The number of fused-ring (bicyclic) bond motifs is 1. The molecule has 2 aromatic rings. The Bertz CT molecular complexity index is 823. The SMILES string of the molecule is C/C=C\c1c(C)cc(C)cc1C1C(C(C)(C)C)c2ccccc2O[C@H]1C. The molecular formula is C25H32O. The Morgan fingerprint density at radius 3 is 2.35 bits per heavy atom. The van der Waals surface area contributed by atoms with Crippen LogP contribution in [-0.2, 0) is 0 Å². The fourth-order valence-corrected chi connectivity index (χ4v) is 4.70. The van der Waals surface area contributed by atoms with Crippen LogP contribution >= 0.6 is 0 Å². The lowest BCUT2D eigenvalue weighted by Gasteiger charge is -2.45. The molecule has 1 aliphatic rings. The molecule has 138 valence electrons. The van der Waals surface area contributed by atoms with Crippen molar-refractivity contribution in [2.24, 2.45) is 5.41 Å². The number of hydrogen-bond acceptors (Lipinski definition) is 1. The van der Waals surface area contributed by atoms with E-state index in [1.165, 1.54) is 27.8 Å². The van der Waals surface area contributed by atoms with Crippen molar-refractivity contribution in [3.63, 3.8) is 0 Å². The Morgan fingerprint density at radius 1 is 1.00 bits per heavy atom. The van der Waals surface area contributed by atoms with Crippen LogP contribution < -0.4 is 4.74 Å². The molecule has 3 atom stereocenters. The lowest BCUT2D eigenvalue weighted by molar-refractivity contribution is 0.109. The normalized spacial score (nSPS) is 23.0. The second kappa shape index (κ2) is 6.95. The van der Waals surface area contributed by atoms with Gasteiger partial charge in [-0.15, -0.1) is 0 Å². The molecule has 1 nitrogen and oxygen atoms in total. The van der Waals surface area contributed by atoms with E-state index >= 15 is 0 Å². The monoisotopic (exact) mass is 348 g/mol. The van der Waals surface area contributed by atoms with Crippen LogP contribution in [0.25, 0.3) is 6.08 Å². The van der Waals surface area contributed by atoms with E-state index in [9.17, 15) is 0 Å². The minimum absolute atomic E-state index is 0.138. The van der Waals surface area contributed by atoms with Crippen LogP contribution in [0.2, 0.25) is 0 Å². The standard InChI is InChI=1S/C25H32O/c1-8-11-19-17(3)14-16(2)15-21(19)23-18(4)26-22-13-10-9-12-20(22)24(23)25(5,6)7/h8-15,18,23-24H,1-7H3/b11-8-/t18-,23?,24?/m0/s1. The predicted octanol–water partition coefficient (Wildman–Crippen LogP) is 7.03. The van der Waals surface area contributed by atoms with E-state index in [-0.39, 0.29) is 11.5 Å². The van der Waals surface area contributed by atoms with Crippen molar-refractivity contribution in [1.29, 1.82) is 0 Å². The quantitative estimate of drug-likeness (QED) is 0.566. The summed E-state index contributed by atoms with van der Waals surface area (Å²) in [6.45, 7) is 15.8. The van der Waals surface area contributed by atoms with Crippen molar-refractivity contribution in [2.75, 3.05) is 0 Å². The number of aryl methyl sites for hydroxylation is 2. The molecule has 0 fully saturated rings. The van der Waals surface area contributed by atoms with Gasteiger partial charge in [0.05, 0.1) is 0 Å². The van der Waals surface area contributed by atoms with Gasteiger partial charge in [0.2, 0.25) is 0 Å². The van der Waals surface area contributed by atoms with Gasteiger partial charge in [-0.05, 0) is 61.4 Å². The first-order valence-electron chi connectivity index (χ1n) is 9.73. The van der Waals surface area contributed by atoms with Gasteiger partial charge in [-0.1, -0.05) is 68.8 Å². The van der Waals surface area contributed by atoms with Crippen molar-refractivity contribution in [2.45, 2.75) is 66.4 Å². The Morgan fingerprint density at radius 2 is 1.69 bits per heavy atom. The highest BCUT2D eigenvalue weighted by atomic mass is 16.5. The zero-order valence-corrected chi connectivity index (χ0v) is 17.3. The summed E-state index contributed by atoms with van der Waals surface area (Å²) in [6.07, 6.45) is 4.55. The molecule has 0 saturated heterocycles. The molecule has 1 aliphatic heterocycles. The number of para-hydroxylation sites is 1. The molecule has 1 heteroatoms. The molecule has 1 heterocycles. The molecule has 26 heavy (non-hydrogen) atoms. The van der Waals surface area contributed by atoms with Gasteiger partial charge in [0, 0.05) is 11.8 Å². The van der Waals surface area contributed by atoms with Crippen LogP contribution in [0.15, 0.2) is 42.5 Å². The van der Waals surface area contributed by atoms with E-state index in [0.717, 1.165) is 5.75 Å². The Labute approximate surface area is 159 Å². The predicted molar refractivity (Wildman–Crippen MR) is 112 cm³/mol. The second-order valence-corrected chi connectivity index (χ2v) is 8.81. The maximum absolute atomic E-state index is 6.41. The smallest absolute Gasteiger partial charge is 0.123 e. The van der Waals surface area contributed by atoms with Gasteiger partial charge in [0.25, 0.3) is 0 Å². The van der Waals surface area contributed by atoms with E-state index in [0.29, 0.717) is 11.8 Å². The molecule has 0 N–H and O–H groups in total. The largest absolute Gasteiger partial charge is 0.490 e. The summed E-state index contributed by atoms with van der Waals surface area (Å²) in [6, 6.07) is 13.3. The summed E-state index contributed by atoms with van der Waals surface area (Å²) >= 11 is 0. The molecule has 0 bridgehead atoms. The highest BCUT2D eigenvalue weighted by molar-refractivity contribution is 5.61. The molecule has 0 amide bonds. The number of benzene rings is 2. The second-order valence-electron chi connectivity index (χ2n) is 8.81. The van der Waals surface area contributed by atoms with Gasteiger partial charge < -0.3 is 4.74 Å². The summed E-state index contributed by atoms with van der Waals surface area (Å²) in [5, 5.41) is 0. The molecule has 0 saturated carbocycles. The fraction of sp³-hybridized carbons (Fsp3) is 0.440. The number of hydrogen-bond donors (Lipinski definition) is 0. The van der Waals surface area contributed by atoms with Gasteiger partial charge >= 0.3 is 0 Å². The zero-order chi connectivity index (χ0) is 19.1. The van der Waals surface area contributed by atoms with Crippen LogP contribution in [0.4, 0.5) is 0 Å². The molecule has 0 aromatic heterocycles. The summed E-state index contributed by atoms with van der Waals surface area (Å²) in [5.41, 5.74) is 6.92. The van der Waals surface area contributed by atoms with E-state index in [1.54, 1.807) is 0 Å². The minimum Gasteiger partial charge on any atom is -0.490 e. The first-order valence-corrected chi connectivity index (χ1v) is 9.73. The highest BCUT2D eigenvalue weighted by Crippen LogP contribution is 2.54. The third-order valence-electron chi connectivity index (χ3n) is 5.62. The molecule has 3 rings (SSSR count). The van der Waals surface area contributed by atoms with Crippen molar-refractivity contribution >= 4 is 6.08 Å². The van der Waals surface area contributed by atoms with Gasteiger partial charge in [-0.3, -0.25) is 0 Å². The Balaban J connectivity index is 2.27. The summed E-state index contributed by atoms with van der Waals surface area (Å²) in [5.74, 6) is 1.79. The topological polar surface area (TPSA) is 9.23 Å². The molecule has 0 spiro atoms. The lowest BCUT2D eigenvalue weighted by Crippen LogP contribution is -2.38. The Hall–Kier alpha value is -2.02. The maximum atomic E-state index is 6.41. The third kappa shape index (κ3) is 3.32. The average Bonchev–Trinajstić information content (AvgIpc) is 2.55. The van der Waals surface area contributed by atoms with Crippen molar-refractivity contribution in [3.8, 4) is 5.75 Å². The minimum atomic E-state index is 0.138. The van der Waals surface area contributed by atoms with Gasteiger partial charge in [-0.25, -0.2) is 0 Å². The van der Waals surface area contributed by atoms with Gasteiger partial charge in [-0.2, -0.15) is 0 Å². The van der Waals surface area contributed by atoms with Crippen LogP contribution in [0.3, 0.4) is 0 Å². The van der Waals surface area contributed by atoms with E-state index in [1.807, 2.05) is 0 Å². The third-order valence-corrected chi connectivity index (χ3v) is 5.62. The van der Waals surface area contributed by atoms with Crippen LogP contribution in [-0.4, -0.2) is 6.10 Å². The Kier molecular flexibility index (Phi) is 5.01. The molecule has 0 aliphatic carbocycles. The molecule has 0 radical (unpaired) electrons. The first-order chi connectivity index (χ1) is 12.2. The zero-order valence-electron chi connectivity index (χ0n) is 17.3. The van der Waals surface area contributed by atoms with Gasteiger partial charge in [0.15, 0.2) is 0 Å². The molecule has 2 unspecified atom stereocenters.